The zero-order valence-corrected chi connectivity index (χ0v) is 20.3. The molecule has 0 spiro atoms. The second-order valence-corrected chi connectivity index (χ2v) is 9.71. The van der Waals surface area contributed by atoms with Gasteiger partial charge in [0.05, 0.1) is 23.4 Å². The highest BCUT2D eigenvalue weighted by atomic mass is 32.2. The smallest absolute Gasteiger partial charge is 0.264 e. The first-order valence-corrected chi connectivity index (χ1v) is 12.0. The molecule has 0 saturated carbocycles. The molecule has 0 saturated heterocycles. The van der Waals surface area contributed by atoms with Crippen molar-refractivity contribution in [1.29, 1.82) is 0 Å². The Labute approximate surface area is 194 Å². The molecular weight excluding hydrogens is 442 g/mol. The summed E-state index contributed by atoms with van der Waals surface area (Å²) in [4.78, 5) is 12.7. The van der Waals surface area contributed by atoms with E-state index in [1.807, 2.05) is 13.8 Å². The van der Waals surface area contributed by atoms with Gasteiger partial charge >= 0.3 is 0 Å². The molecule has 1 aromatic heterocycles. The fourth-order valence-corrected chi connectivity index (χ4v) is 4.92. The maximum Gasteiger partial charge on any atom is 0.264 e. The summed E-state index contributed by atoms with van der Waals surface area (Å²) >= 11 is 0. The maximum absolute atomic E-state index is 13.5. The number of carbonyl (C=O) groups excluding carboxylic acids is 1. The van der Waals surface area contributed by atoms with Crippen molar-refractivity contribution in [2.75, 3.05) is 18.0 Å². The summed E-state index contributed by atoms with van der Waals surface area (Å²) in [5, 5.41) is 6.70. The molecule has 1 N–H and O–H groups in total. The first kappa shape index (κ1) is 24.3. The lowest BCUT2D eigenvalue weighted by Crippen LogP contribution is -2.35. The van der Waals surface area contributed by atoms with E-state index in [0.717, 1.165) is 16.7 Å². The quantitative estimate of drug-likeness (QED) is 0.509. The zero-order chi connectivity index (χ0) is 24.2. The van der Waals surface area contributed by atoms with Gasteiger partial charge in [-0.15, -0.1) is 0 Å². The first-order valence-electron chi connectivity index (χ1n) is 10.6. The number of benzene rings is 2. The summed E-state index contributed by atoms with van der Waals surface area (Å²) in [5.41, 5.74) is 3.86. The summed E-state index contributed by atoms with van der Waals surface area (Å²) in [6, 6.07) is 11.7. The molecule has 0 unspecified atom stereocenters. The topological polar surface area (TPSA) is 102 Å². The number of aromatic nitrogens is 1. The van der Waals surface area contributed by atoms with E-state index in [0.29, 0.717) is 22.9 Å². The largest absolute Gasteiger partial charge is 0.497 e. The highest BCUT2D eigenvalue weighted by Gasteiger charge is 2.26. The van der Waals surface area contributed by atoms with Crippen LogP contribution in [0.15, 0.2) is 51.9 Å². The van der Waals surface area contributed by atoms with Crippen molar-refractivity contribution in [1.82, 2.24) is 10.5 Å². The molecule has 176 valence electrons. The van der Waals surface area contributed by atoms with E-state index in [1.165, 1.54) is 4.31 Å². The Kier molecular flexibility index (Phi) is 7.43. The van der Waals surface area contributed by atoms with Crippen LogP contribution in [-0.2, 0) is 21.4 Å². The molecular formula is C24H29N3O5S. The average Bonchev–Trinajstić information content (AvgIpc) is 3.11. The van der Waals surface area contributed by atoms with Gasteiger partial charge in [-0.1, -0.05) is 11.2 Å². The van der Waals surface area contributed by atoms with Crippen LogP contribution in [0.2, 0.25) is 0 Å². The van der Waals surface area contributed by atoms with Gasteiger partial charge in [0.15, 0.2) is 0 Å². The molecule has 33 heavy (non-hydrogen) atoms. The number of methoxy groups -OCH3 is 1. The van der Waals surface area contributed by atoms with Crippen molar-refractivity contribution in [2.45, 2.75) is 45.6 Å². The number of ether oxygens (including phenoxy) is 1. The molecule has 3 aromatic rings. The fraction of sp³-hybridized carbons (Fsp3) is 0.333. The molecule has 0 fully saturated rings. The number of hydrogen-bond donors (Lipinski definition) is 1. The van der Waals surface area contributed by atoms with Crippen LogP contribution in [0, 0.1) is 27.7 Å². The Hall–Kier alpha value is -3.33. The molecule has 0 atom stereocenters. The van der Waals surface area contributed by atoms with Crippen LogP contribution < -0.4 is 14.4 Å². The summed E-state index contributed by atoms with van der Waals surface area (Å²) < 4.78 is 38.6. The van der Waals surface area contributed by atoms with Gasteiger partial charge in [0.2, 0.25) is 5.91 Å². The van der Waals surface area contributed by atoms with Gasteiger partial charge in [0.25, 0.3) is 10.0 Å². The molecule has 0 bridgehead atoms. The number of hydrogen-bond acceptors (Lipinski definition) is 6. The minimum Gasteiger partial charge on any atom is -0.497 e. The second kappa shape index (κ2) is 10.1. The molecule has 2 aromatic carbocycles. The van der Waals surface area contributed by atoms with Crippen molar-refractivity contribution in [2.24, 2.45) is 0 Å². The molecule has 0 aliphatic carbocycles. The monoisotopic (exact) mass is 471 g/mol. The van der Waals surface area contributed by atoms with Crippen LogP contribution in [0.1, 0.15) is 34.6 Å². The van der Waals surface area contributed by atoms with Crippen LogP contribution in [-0.4, -0.2) is 33.1 Å². The third-order valence-electron chi connectivity index (χ3n) is 5.61. The Morgan fingerprint density at radius 2 is 1.76 bits per heavy atom. The van der Waals surface area contributed by atoms with Crippen molar-refractivity contribution in [3.8, 4) is 5.75 Å². The van der Waals surface area contributed by atoms with Gasteiger partial charge in [-0.05, 0) is 75.2 Å². The molecule has 0 aliphatic heterocycles. The van der Waals surface area contributed by atoms with Crippen molar-refractivity contribution < 1.29 is 22.5 Å². The van der Waals surface area contributed by atoms with Gasteiger partial charge < -0.3 is 14.6 Å². The zero-order valence-electron chi connectivity index (χ0n) is 19.5. The van der Waals surface area contributed by atoms with E-state index < -0.39 is 10.0 Å². The number of aryl methyl sites for hydroxylation is 4. The highest BCUT2D eigenvalue weighted by molar-refractivity contribution is 7.92. The lowest BCUT2D eigenvalue weighted by Gasteiger charge is -2.25. The predicted octanol–water partition coefficient (Wildman–Crippen LogP) is 3.82. The number of amides is 1. The molecule has 1 amide bonds. The summed E-state index contributed by atoms with van der Waals surface area (Å²) in [5.74, 6) is 0.980. The fourth-order valence-electron chi connectivity index (χ4n) is 3.37. The number of carbonyl (C=O) groups is 1. The van der Waals surface area contributed by atoms with Crippen LogP contribution in [0.3, 0.4) is 0 Å². The number of anilines is 1. The predicted molar refractivity (Wildman–Crippen MR) is 126 cm³/mol. The number of nitrogens with one attached hydrogen (secondary N) is 1. The molecule has 0 aliphatic rings. The highest BCUT2D eigenvalue weighted by Crippen LogP contribution is 2.27. The van der Waals surface area contributed by atoms with Gasteiger partial charge in [-0.3, -0.25) is 9.10 Å². The Morgan fingerprint density at radius 1 is 1.06 bits per heavy atom. The van der Waals surface area contributed by atoms with E-state index in [4.69, 9.17) is 9.26 Å². The third kappa shape index (κ3) is 5.54. The molecule has 8 nitrogen and oxygen atoms in total. The van der Waals surface area contributed by atoms with Crippen molar-refractivity contribution in [3.05, 3.63) is 70.6 Å². The van der Waals surface area contributed by atoms with Crippen LogP contribution in [0.5, 0.6) is 5.75 Å². The molecule has 1 heterocycles. The van der Waals surface area contributed by atoms with Gasteiger partial charge in [0, 0.05) is 25.1 Å². The van der Waals surface area contributed by atoms with E-state index in [9.17, 15) is 13.2 Å². The molecule has 0 radical (unpaired) electrons. The minimum atomic E-state index is -3.89. The minimum absolute atomic E-state index is 0.0144. The van der Waals surface area contributed by atoms with Gasteiger partial charge in [-0.25, -0.2) is 8.42 Å². The van der Waals surface area contributed by atoms with Crippen molar-refractivity contribution in [3.63, 3.8) is 0 Å². The maximum atomic E-state index is 13.5. The van der Waals surface area contributed by atoms with Crippen LogP contribution in [0.25, 0.3) is 0 Å². The first-order chi connectivity index (χ1) is 15.6. The van der Waals surface area contributed by atoms with E-state index in [1.54, 1.807) is 63.4 Å². The second-order valence-electron chi connectivity index (χ2n) is 7.85. The third-order valence-corrected chi connectivity index (χ3v) is 7.44. The normalized spacial score (nSPS) is 11.3. The summed E-state index contributed by atoms with van der Waals surface area (Å²) in [6.45, 7) is 7.63. The Morgan fingerprint density at radius 3 is 2.33 bits per heavy atom. The average molecular weight is 472 g/mol. The standard InChI is InChI=1S/C24H29N3O5S/c1-16-6-11-22(14-17(16)2)33(29,30)27(20-7-9-21(31-5)10-8-20)13-12-24(28)25-15-23-18(3)26-32-19(23)4/h6-11,14H,12-13,15H2,1-5H3,(H,25,28). The van der Waals surface area contributed by atoms with Crippen LogP contribution in [0.4, 0.5) is 5.69 Å². The van der Waals surface area contributed by atoms with Crippen LogP contribution >= 0.6 is 0 Å². The SMILES string of the molecule is COc1ccc(N(CCC(=O)NCc2c(C)noc2C)S(=O)(=O)c2ccc(C)c(C)c2)cc1. The molecule has 3 rings (SSSR count). The Bertz CT molecular complexity index is 1210. The van der Waals surface area contributed by atoms with E-state index >= 15 is 0 Å². The Balaban J connectivity index is 1.82. The van der Waals surface area contributed by atoms with E-state index in [-0.39, 0.29) is 30.3 Å². The summed E-state index contributed by atoms with van der Waals surface area (Å²) in [6.07, 6.45) is -0.0144. The van der Waals surface area contributed by atoms with Crippen molar-refractivity contribution >= 4 is 21.6 Å². The lowest BCUT2D eigenvalue weighted by atomic mass is 10.1. The molecule has 9 heteroatoms. The number of rotatable bonds is 9. The number of nitrogens with zero attached hydrogens (tertiary/aromatic N) is 2. The van der Waals surface area contributed by atoms with E-state index in [2.05, 4.69) is 10.5 Å². The van der Waals surface area contributed by atoms with Gasteiger partial charge in [-0.2, -0.15) is 0 Å². The van der Waals surface area contributed by atoms with Gasteiger partial charge in [0.1, 0.15) is 11.5 Å². The lowest BCUT2D eigenvalue weighted by molar-refractivity contribution is -0.121. The summed E-state index contributed by atoms with van der Waals surface area (Å²) in [7, 11) is -2.35. The number of sulfonamides is 1.